The summed E-state index contributed by atoms with van der Waals surface area (Å²) in [4.78, 5) is 0. The van der Waals surface area contributed by atoms with Crippen molar-refractivity contribution in [2.24, 2.45) is 0 Å². The maximum atomic E-state index is 11.3. The van der Waals surface area contributed by atoms with Gasteiger partial charge in [-0.15, -0.1) is 0 Å². The molecule has 2 aromatic carbocycles. The summed E-state index contributed by atoms with van der Waals surface area (Å²) < 4.78 is 32.8. The van der Waals surface area contributed by atoms with Crippen molar-refractivity contribution in [2.45, 2.75) is 102 Å². The molecule has 1 N–H and O–H groups in total. The smallest absolute Gasteiger partial charge is 0.261 e. The van der Waals surface area contributed by atoms with Crippen molar-refractivity contribution < 1.29 is 28.5 Å². The Labute approximate surface area is 209 Å². The maximum Gasteiger partial charge on any atom is 0.261 e. The third-order valence-corrected chi connectivity index (χ3v) is 12.4. The van der Waals surface area contributed by atoms with Gasteiger partial charge >= 0.3 is 0 Å². The van der Waals surface area contributed by atoms with E-state index < -0.39 is 56.5 Å². The first-order chi connectivity index (χ1) is 16.3. The van der Waals surface area contributed by atoms with Gasteiger partial charge in [0, 0.05) is 0 Å². The maximum absolute atomic E-state index is 11.3. The third kappa shape index (κ3) is 4.21. The Hall–Kier alpha value is -1.58. The molecular formula is C28H38O6Si. The normalized spacial score (nSPS) is 33.8. The molecule has 190 valence electrons. The van der Waals surface area contributed by atoms with Crippen LogP contribution < -0.4 is 10.4 Å². The average molecular weight is 499 g/mol. The molecule has 0 spiro atoms. The van der Waals surface area contributed by atoms with Gasteiger partial charge in [0.1, 0.15) is 36.6 Å². The lowest BCUT2D eigenvalue weighted by molar-refractivity contribution is -0.182. The van der Waals surface area contributed by atoms with Crippen LogP contribution in [0.2, 0.25) is 5.04 Å². The standard InChI is InChI=1S/C28H38O6Si/c1-26(2,3)35(18-14-10-8-11-15-18,19-16-12-9-13-17-19)34-25-23-21(30-27(4,5)32-23)20(29)22-24(25)33-28(6,7)31-22/h8-17,20-25,29H,1-7H3/t20-,21-,22+,23-,24-,25-/m1/s1. The number of benzene rings is 2. The number of aliphatic hydroxyl groups excluding tert-OH is 1. The minimum Gasteiger partial charge on any atom is -0.399 e. The molecule has 0 amide bonds. The van der Waals surface area contributed by atoms with Crippen LogP contribution in [0.1, 0.15) is 48.5 Å². The SMILES string of the molecule is CC1(C)O[C@H]2[C@@H](O[Si](c3ccccc3)(c3ccccc3)C(C)(C)C)[C@@H]3OC(C)(C)O[C@H]3[C@H](O)[C@H]2O1. The zero-order valence-electron chi connectivity index (χ0n) is 21.7. The van der Waals surface area contributed by atoms with E-state index in [-0.39, 0.29) is 5.04 Å². The van der Waals surface area contributed by atoms with Crippen molar-refractivity contribution in [3.05, 3.63) is 60.7 Å². The van der Waals surface area contributed by atoms with Crippen molar-refractivity contribution in [1.82, 2.24) is 0 Å². The monoisotopic (exact) mass is 498 g/mol. The zero-order valence-corrected chi connectivity index (χ0v) is 22.7. The van der Waals surface area contributed by atoms with Crippen LogP contribution in [0.5, 0.6) is 0 Å². The fourth-order valence-electron chi connectivity index (χ4n) is 6.07. The summed E-state index contributed by atoms with van der Waals surface area (Å²) in [7, 11) is -2.92. The molecule has 35 heavy (non-hydrogen) atoms. The lowest BCUT2D eigenvalue weighted by Gasteiger charge is -2.49. The first-order valence-electron chi connectivity index (χ1n) is 12.5. The van der Waals surface area contributed by atoms with Gasteiger partial charge in [0.25, 0.3) is 8.32 Å². The molecule has 0 radical (unpaired) electrons. The highest BCUT2D eigenvalue weighted by Gasteiger charge is 2.65. The molecule has 0 unspecified atom stereocenters. The zero-order chi connectivity index (χ0) is 25.2. The quantitative estimate of drug-likeness (QED) is 0.653. The molecule has 2 saturated heterocycles. The summed E-state index contributed by atoms with van der Waals surface area (Å²) in [5, 5.41) is 13.4. The minimum atomic E-state index is -2.92. The summed E-state index contributed by atoms with van der Waals surface area (Å²) in [5.41, 5.74) is 0. The Kier molecular flexibility index (Phi) is 6.08. The number of hydrogen-bond acceptors (Lipinski definition) is 6. The fraction of sp³-hybridized carbons (Fsp3) is 0.571. The van der Waals surface area contributed by atoms with Crippen molar-refractivity contribution in [3.8, 4) is 0 Å². The predicted molar refractivity (Wildman–Crippen MR) is 136 cm³/mol. The number of aliphatic hydroxyl groups is 1. The van der Waals surface area contributed by atoms with Crippen LogP contribution in [-0.4, -0.2) is 61.6 Å². The van der Waals surface area contributed by atoms with Crippen LogP contribution in [0, 0.1) is 0 Å². The summed E-state index contributed by atoms with van der Waals surface area (Å²) in [5.74, 6) is -1.70. The van der Waals surface area contributed by atoms with Crippen molar-refractivity contribution >= 4 is 18.7 Å². The van der Waals surface area contributed by atoms with Gasteiger partial charge in [0.15, 0.2) is 11.6 Å². The van der Waals surface area contributed by atoms with Crippen LogP contribution in [0.25, 0.3) is 0 Å². The van der Waals surface area contributed by atoms with Crippen molar-refractivity contribution in [2.75, 3.05) is 0 Å². The highest BCUT2D eigenvalue weighted by molar-refractivity contribution is 6.99. The molecule has 7 heteroatoms. The number of ether oxygens (including phenoxy) is 4. The Balaban J connectivity index is 1.68. The summed E-state index contributed by atoms with van der Waals surface area (Å²) in [6.07, 6.45) is -3.53. The minimum absolute atomic E-state index is 0.222. The molecule has 1 aliphatic carbocycles. The third-order valence-electron chi connectivity index (χ3n) is 7.38. The van der Waals surface area contributed by atoms with Crippen LogP contribution in [0.15, 0.2) is 60.7 Å². The van der Waals surface area contributed by atoms with Crippen LogP contribution in [0.4, 0.5) is 0 Å². The van der Waals surface area contributed by atoms with Gasteiger partial charge < -0.3 is 28.5 Å². The molecule has 5 rings (SSSR count). The molecular weight excluding hydrogens is 460 g/mol. The topological polar surface area (TPSA) is 66.4 Å². The second kappa shape index (κ2) is 8.48. The fourth-order valence-corrected chi connectivity index (χ4v) is 10.8. The van der Waals surface area contributed by atoms with E-state index in [1.54, 1.807) is 0 Å². The summed E-state index contributed by atoms with van der Waals surface area (Å²) in [6, 6.07) is 21.0. The second-order valence-corrected chi connectivity index (χ2v) is 16.1. The van der Waals surface area contributed by atoms with Crippen molar-refractivity contribution in [3.63, 3.8) is 0 Å². The van der Waals surface area contributed by atoms with Gasteiger partial charge in [-0.1, -0.05) is 81.4 Å². The molecule has 3 fully saturated rings. The van der Waals surface area contributed by atoms with E-state index in [4.69, 9.17) is 23.4 Å². The van der Waals surface area contributed by atoms with Gasteiger partial charge in [-0.25, -0.2) is 0 Å². The van der Waals surface area contributed by atoms with E-state index in [9.17, 15) is 5.11 Å². The van der Waals surface area contributed by atoms with E-state index in [2.05, 4.69) is 69.3 Å². The summed E-state index contributed by atoms with van der Waals surface area (Å²) in [6.45, 7) is 14.2. The van der Waals surface area contributed by atoms with Crippen LogP contribution in [-0.2, 0) is 23.4 Å². The molecule has 6 atom stereocenters. The molecule has 0 bridgehead atoms. The molecule has 0 aromatic heterocycles. The molecule has 1 saturated carbocycles. The van der Waals surface area contributed by atoms with E-state index in [0.29, 0.717) is 0 Å². The lowest BCUT2D eigenvalue weighted by atomic mass is 9.85. The Morgan fingerprint density at radius 2 is 1.06 bits per heavy atom. The molecule has 2 aromatic rings. The summed E-state index contributed by atoms with van der Waals surface area (Å²) >= 11 is 0. The first-order valence-corrected chi connectivity index (χ1v) is 14.4. The van der Waals surface area contributed by atoms with Gasteiger partial charge in [-0.2, -0.15) is 0 Å². The molecule has 3 aliphatic rings. The highest BCUT2D eigenvalue weighted by atomic mass is 28.4. The van der Waals surface area contributed by atoms with Crippen LogP contribution in [0.3, 0.4) is 0 Å². The van der Waals surface area contributed by atoms with Crippen LogP contribution >= 0.6 is 0 Å². The Morgan fingerprint density at radius 3 is 1.43 bits per heavy atom. The van der Waals surface area contributed by atoms with E-state index in [1.807, 2.05) is 39.8 Å². The largest absolute Gasteiger partial charge is 0.399 e. The van der Waals surface area contributed by atoms with Crippen molar-refractivity contribution in [1.29, 1.82) is 0 Å². The van der Waals surface area contributed by atoms with Gasteiger partial charge in [0.2, 0.25) is 0 Å². The lowest BCUT2D eigenvalue weighted by Crippen LogP contribution is -2.72. The molecule has 2 heterocycles. The average Bonchev–Trinajstić information content (AvgIpc) is 3.29. The van der Waals surface area contributed by atoms with Gasteiger partial charge in [-0.05, 0) is 43.1 Å². The van der Waals surface area contributed by atoms with E-state index in [1.165, 1.54) is 10.4 Å². The molecule has 2 aliphatic heterocycles. The Bertz CT molecular complexity index is 963. The van der Waals surface area contributed by atoms with E-state index >= 15 is 0 Å². The van der Waals surface area contributed by atoms with Gasteiger partial charge in [0.05, 0.1) is 0 Å². The first kappa shape index (κ1) is 25.1. The highest BCUT2D eigenvalue weighted by Crippen LogP contribution is 2.48. The number of rotatable bonds is 4. The Morgan fingerprint density at radius 1 is 0.686 bits per heavy atom. The number of fused-ring (bicyclic) bond motifs is 2. The van der Waals surface area contributed by atoms with Gasteiger partial charge in [-0.3, -0.25) is 0 Å². The number of hydrogen-bond donors (Lipinski definition) is 1. The predicted octanol–water partition coefficient (Wildman–Crippen LogP) is 3.35. The van der Waals surface area contributed by atoms with E-state index in [0.717, 1.165) is 0 Å². The molecule has 6 nitrogen and oxygen atoms in total. The second-order valence-electron chi connectivity index (χ2n) is 11.9.